The average Bonchev–Trinajstić information content (AvgIpc) is 2.76. The zero-order valence-electron chi connectivity index (χ0n) is 11.8. The van der Waals surface area contributed by atoms with Gasteiger partial charge in [-0.2, -0.15) is 13.2 Å². The van der Waals surface area contributed by atoms with Gasteiger partial charge in [0.15, 0.2) is 0 Å². The maximum atomic E-state index is 14.0. The molecule has 1 fully saturated rings. The summed E-state index contributed by atoms with van der Waals surface area (Å²) in [5, 5.41) is 0. The third-order valence-electron chi connectivity index (χ3n) is 4.02. The standard InChI is InChI=1S/C15H18ClF4N/c1-10-8-21(6-2-5-16)9-13(10)12-4-3-11(7-14(12)17)15(18,19)20/h3-4,7,10,13H,2,5-6,8-9H2,1H3/t10-,13-/m0/s1. The van der Waals surface area contributed by atoms with E-state index in [9.17, 15) is 17.6 Å². The van der Waals surface area contributed by atoms with Gasteiger partial charge in [-0.3, -0.25) is 0 Å². The Kier molecular flexibility index (Phi) is 5.15. The fraction of sp³-hybridized carbons (Fsp3) is 0.600. The van der Waals surface area contributed by atoms with E-state index in [1.807, 2.05) is 6.92 Å². The molecule has 1 aromatic rings. The molecule has 0 unspecified atom stereocenters. The zero-order chi connectivity index (χ0) is 15.6. The van der Waals surface area contributed by atoms with Crippen molar-refractivity contribution in [2.24, 2.45) is 5.92 Å². The van der Waals surface area contributed by atoms with Gasteiger partial charge < -0.3 is 4.90 Å². The maximum Gasteiger partial charge on any atom is 0.416 e. The highest BCUT2D eigenvalue weighted by molar-refractivity contribution is 6.17. The highest BCUT2D eigenvalue weighted by Crippen LogP contribution is 2.36. The Hall–Kier alpha value is -0.810. The molecule has 0 bridgehead atoms. The summed E-state index contributed by atoms with van der Waals surface area (Å²) in [6.07, 6.45) is -3.65. The minimum absolute atomic E-state index is 0.0670. The van der Waals surface area contributed by atoms with Gasteiger partial charge in [0, 0.05) is 24.9 Å². The van der Waals surface area contributed by atoms with E-state index in [2.05, 4.69) is 4.90 Å². The number of alkyl halides is 4. The Morgan fingerprint density at radius 3 is 2.57 bits per heavy atom. The largest absolute Gasteiger partial charge is 0.416 e. The topological polar surface area (TPSA) is 3.24 Å². The van der Waals surface area contributed by atoms with E-state index < -0.39 is 17.6 Å². The molecule has 2 rings (SSSR count). The molecule has 0 aromatic heterocycles. The van der Waals surface area contributed by atoms with Crippen LogP contribution in [0.5, 0.6) is 0 Å². The Bertz CT molecular complexity index is 489. The molecule has 2 atom stereocenters. The third kappa shape index (κ3) is 3.89. The van der Waals surface area contributed by atoms with E-state index in [4.69, 9.17) is 11.6 Å². The van der Waals surface area contributed by atoms with Crippen molar-refractivity contribution in [1.82, 2.24) is 4.90 Å². The van der Waals surface area contributed by atoms with Crippen LogP contribution in [0.2, 0.25) is 0 Å². The van der Waals surface area contributed by atoms with E-state index in [-0.39, 0.29) is 11.8 Å². The monoisotopic (exact) mass is 323 g/mol. The molecule has 1 nitrogen and oxygen atoms in total. The fourth-order valence-electron chi connectivity index (χ4n) is 2.94. The molecule has 0 spiro atoms. The Morgan fingerprint density at radius 1 is 1.29 bits per heavy atom. The summed E-state index contributed by atoms with van der Waals surface area (Å²) >= 11 is 5.66. The lowest BCUT2D eigenvalue weighted by atomic mass is 9.89. The molecule has 1 aliphatic rings. The van der Waals surface area contributed by atoms with Crippen molar-refractivity contribution in [3.05, 3.63) is 35.1 Å². The average molecular weight is 324 g/mol. The number of hydrogen-bond acceptors (Lipinski definition) is 1. The zero-order valence-corrected chi connectivity index (χ0v) is 12.5. The normalized spacial score (nSPS) is 23.7. The van der Waals surface area contributed by atoms with Crippen molar-refractivity contribution in [3.8, 4) is 0 Å². The molecule has 21 heavy (non-hydrogen) atoms. The predicted octanol–water partition coefficient (Wildman–Crippen LogP) is 4.51. The lowest BCUT2D eigenvalue weighted by Gasteiger charge is -2.17. The summed E-state index contributed by atoms with van der Waals surface area (Å²) in [4.78, 5) is 2.19. The van der Waals surface area contributed by atoms with Gasteiger partial charge in [-0.1, -0.05) is 13.0 Å². The summed E-state index contributed by atoms with van der Waals surface area (Å²) in [6, 6.07) is 2.85. The lowest BCUT2D eigenvalue weighted by Crippen LogP contribution is -2.22. The molecule has 0 N–H and O–H groups in total. The van der Waals surface area contributed by atoms with Crippen molar-refractivity contribution in [3.63, 3.8) is 0 Å². The third-order valence-corrected chi connectivity index (χ3v) is 4.29. The molecule has 1 aliphatic heterocycles. The first-order valence-corrected chi connectivity index (χ1v) is 7.51. The van der Waals surface area contributed by atoms with E-state index in [1.165, 1.54) is 6.07 Å². The van der Waals surface area contributed by atoms with Gasteiger partial charge in [-0.25, -0.2) is 4.39 Å². The van der Waals surface area contributed by atoms with Crippen LogP contribution in [-0.4, -0.2) is 30.4 Å². The highest BCUT2D eigenvalue weighted by Gasteiger charge is 2.35. The van der Waals surface area contributed by atoms with Crippen LogP contribution in [-0.2, 0) is 6.18 Å². The highest BCUT2D eigenvalue weighted by atomic mass is 35.5. The maximum absolute atomic E-state index is 14.0. The molecule has 6 heteroatoms. The van der Waals surface area contributed by atoms with E-state index in [0.717, 1.165) is 25.6 Å². The van der Waals surface area contributed by atoms with Gasteiger partial charge in [-0.15, -0.1) is 11.6 Å². The number of benzene rings is 1. The van der Waals surface area contributed by atoms with Crippen LogP contribution in [0.15, 0.2) is 18.2 Å². The number of halogens is 5. The molecular weight excluding hydrogens is 306 g/mol. The molecule has 0 aliphatic carbocycles. The number of likely N-dealkylation sites (tertiary alicyclic amines) is 1. The molecule has 1 aromatic carbocycles. The second-order valence-corrected chi connectivity index (χ2v) is 6.00. The van der Waals surface area contributed by atoms with Crippen LogP contribution in [0.3, 0.4) is 0 Å². The minimum Gasteiger partial charge on any atom is -0.302 e. The number of nitrogens with zero attached hydrogens (tertiary/aromatic N) is 1. The molecule has 0 saturated carbocycles. The van der Waals surface area contributed by atoms with E-state index in [1.54, 1.807) is 0 Å². The van der Waals surface area contributed by atoms with Crippen LogP contribution in [0.1, 0.15) is 30.4 Å². The van der Waals surface area contributed by atoms with E-state index in [0.29, 0.717) is 24.1 Å². The predicted molar refractivity (Wildman–Crippen MR) is 75.1 cm³/mol. The van der Waals surface area contributed by atoms with Crippen LogP contribution in [0.4, 0.5) is 17.6 Å². The van der Waals surface area contributed by atoms with Gasteiger partial charge in [-0.05, 0) is 36.6 Å². The molecule has 1 heterocycles. The molecular formula is C15H18ClF4N. The van der Waals surface area contributed by atoms with Gasteiger partial charge in [0.25, 0.3) is 0 Å². The van der Waals surface area contributed by atoms with Gasteiger partial charge in [0.1, 0.15) is 5.82 Å². The summed E-state index contributed by atoms with van der Waals surface area (Å²) in [5.74, 6) is -0.0421. The first-order valence-electron chi connectivity index (χ1n) is 6.98. The molecule has 118 valence electrons. The molecule has 0 amide bonds. The van der Waals surface area contributed by atoms with Gasteiger partial charge >= 0.3 is 6.18 Å². The Balaban J connectivity index is 2.15. The summed E-state index contributed by atoms with van der Waals surface area (Å²) in [6.45, 7) is 4.33. The van der Waals surface area contributed by atoms with Gasteiger partial charge in [0.2, 0.25) is 0 Å². The van der Waals surface area contributed by atoms with Crippen molar-refractivity contribution in [2.45, 2.75) is 25.4 Å². The van der Waals surface area contributed by atoms with Gasteiger partial charge in [0.05, 0.1) is 5.56 Å². The van der Waals surface area contributed by atoms with Crippen LogP contribution >= 0.6 is 11.6 Å². The Morgan fingerprint density at radius 2 is 2.00 bits per heavy atom. The molecule has 0 radical (unpaired) electrons. The molecule has 1 saturated heterocycles. The van der Waals surface area contributed by atoms with Crippen LogP contribution < -0.4 is 0 Å². The number of hydrogen-bond donors (Lipinski definition) is 0. The summed E-state index contributed by atoms with van der Waals surface area (Å²) in [5.41, 5.74) is -0.558. The number of rotatable bonds is 4. The SMILES string of the molecule is C[C@H]1CN(CCCCl)C[C@@H]1c1ccc(C(F)(F)F)cc1F. The van der Waals surface area contributed by atoms with Crippen LogP contribution in [0, 0.1) is 11.7 Å². The van der Waals surface area contributed by atoms with E-state index >= 15 is 0 Å². The second kappa shape index (κ2) is 6.53. The Labute approximate surface area is 126 Å². The lowest BCUT2D eigenvalue weighted by molar-refractivity contribution is -0.137. The second-order valence-electron chi connectivity index (χ2n) is 5.62. The van der Waals surface area contributed by atoms with Crippen molar-refractivity contribution in [2.75, 3.05) is 25.5 Å². The quantitative estimate of drug-likeness (QED) is 0.582. The van der Waals surface area contributed by atoms with Crippen molar-refractivity contribution in [1.29, 1.82) is 0 Å². The fourth-order valence-corrected chi connectivity index (χ4v) is 3.06. The minimum atomic E-state index is -4.51. The first kappa shape index (κ1) is 16.6. The van der Waals surface area contributed by atoms with Crippen molar-refractivity contribution < 1.29 is 17.6 Å². The van der Waals surface area contributed by atoms with Crippen molar-refractivity contribution >= 4 is 11.6 Å². The smallest absolute Gasteiger partial charge is 0.302 e. The summed E-state index contributed by atoms with van der Waals surface area (Å²) in [7, 11) is 0. The van der Waals surface area contributed by atoms with Crippen LogP contribution in [0.25, 0.3) is 0 Å². The first-order chi connectivity index (χ1) is 9.82. The summed E-state index contributed by atoms with van der Waals surface area (Å²) < 4.78 is 51.7.